The van der Waals surface area contributed by atoms with Gasteiger partial charge in [-0.25, -0.2) is 0 Å². The number of halogens is 3. The largest absolute Gasteiger partial charge is 0.411 e. The fourth-order valence-electron chi connectivity index (χ4n) is 1.78. The summed E-state index contributed by atoms with van der Waals surface area (Å²) in [6.07, 6.45) is 0.455. The molecule has 1 unspecified atom stereocenters. The zero-order valence-electron chi connectivity index (χ0n) is 9.89. The Labute approximate surface area is 99.7 Å². The lowest BCUT2D eigenvalue weighted by Gasteiger charge is -2.10. The van der Waals surface area contributed by atoms with Crippen molar-refractivity contribution in [2.75, 3.05) is 32.9 Å². The SMILES string of the molecule is FC(F)(F)COCCNCCCC1CCCO1. The van der Waals surface area contributed by atoms with Gasteiger partial charge in [-0.05, 0) is 32.2 Å². The van der Waals surface area contributed by atoms with Gasteiger partial charge >= 0.3 is 6.18 Å². The van der Waals surface area contributed by atoms with Crippen LogP contribution in [-0.4, -0.2) is 45.2 Å². The number of hydrogen-bond donors (Lipinski definition) is 1. The summed E-state index contributed by atoms with van der Waals surface area (Å²) in [5.74, 6) is 0. The van der Waals surface area contributed by atoms with Crippen LogP contribution in [0.2, 0.25) is 0 Å². The Balaban J connectivity index is 1.78. The van der Waals surface area contributed by atoms with Crippen LogP contribution in [-0.2, 0) is 9.47 Å². The molecule has 17 heavy (non-hydrogen) atoms. The number of alkyl halides is 3. The van der Waals surface area contributed by atoms with Gasteiger partial charge in [-0.15, -0.1) is 0 Å². The highest BCUT2D eigenvalue weighted by Crippen LogP contribution is 2.16. The predicted molar refractivity (Wildman–Crippen MR) is 58.0 cm³/mol. The smallest absolute Gasteiger partial charge is 0.378 e. The van der Waals surface area contributed by atoms with Crippen LogP contribution < -0.4 is 5.32 Å². The van der Waals surface area contributed by atoms with Crippen LogP contribution in [0.1, 0.15) is 25.7 Å². The first-order chi connectivity index (χ1) is 8.08. The number of nitrogens with one attached hydrogen (secondary N) is 1. The van der Waals surface area contributed by atoms with Gasteiger partial charge in [0.25, 0.3) is 0 Å². The standard InChI is InChI=1S/C11H20F3NO2/c12-11(13,14)9-16-8-6-15-5-1-3-10-4-2-7-17-10/h10,15H,1-9H2. The molecule has 3 nitrogen and oxygen atoms in total. The quantitative estimate of drug-likeness (QED) is 0.674. The molecule has 1 N–H and O–H groups in total. The van der Waals surface area contributed by atoms with E-state index in [9.17, 15) is 13.2 Å². The molecule has 1 rings (SSSR count). The lowest BCUT2D eigenvalue weighted by Crippen LogP contribution is -2.25. The summed E-state index contributed by atoms with van der Waals surface area (Å²) in [5, 5.41) is 3.05. The second kappa shape index (κ2) is 7.89. The average Bonchev–Trinajstić information content (AvgIpc) is 2.73. The molecule has 0 aromatic rings. The van der Waals surface area contributed by atoms with E-state index in [-0.39, 0.29) is 6.61 Å². The molecule has 0 bridgehead atoms. The van der Waals surface area contributed by atoms with Crippen molar-refractivity contribution in [3.8, 4) is 0 Å². The Morgan fingerprint density at radius 2 is 2.12 bits per heavy atom. The molecule has 1 saturated heterocycles. The summed E-state index contributed by atoms with van der Waals surface area (Å²) in [5.41, 5.74) is 0. The molecule has 1 fully saturated rings. The van der Waals surface area contributed by atoms with E-state index in [4.69, 9.17) is 4.74 Å². The van der Waals surface area contributed by atoms with Crippen molar-refractivity contribution in [1.29, 1.82) is 0 Å². The minimum absolute atomic E-state index is 0.0967. The normalized spacial score (nSPS) is 21.0. The van der Waals surface area contributed by atoms with Gasteiger partial charge < -0.3 is 14.8 Å². The monoisotopic (exact) mass is 255 g/mol. The Morgan fingerprint density at radius 1 is 1.29 bits per heavy atom. The zero-order valence-corrected chi connectivity index (χ0v) is 9.89. The fraction of sp³-hybridized carbons (Fsp3) is 1.00. The van der Waals surface area contributed by atoms with Crippen molar-refractivity contribution >= 4 is 0 Å². The van der Waals surface area contributed by atoms with Gasteiger partial charge in [0.15, 0.2) is 0 Å². The first-order valence-electron chi connectivity index (χ1n) is 6.05. The van der Waals surface area contributed by atoms with E-state index in [0.717, 1.165) is 38.8 Å². The predicted octanol–water partition coefficient (Wildman–Crippen LogP) is 2.11. The summed E-state index contributed by atoms with van der Waals surface area (Å²) in [4.78, 5) is 0. The fourth-order valence-corrected chi connectivity index (χ4v) is 1.78. The molecule has 1 aliphatic heterocycles. The minimum atomic E-state index is -4.22. The molecule has 102 valence electrons. The number of ether oxygens (including phenoxy) is 2. The van der Waals surface area contributed by atoms with Crippen LogP contribution in [0.15, 0.2) is 0 Å². The van der Waals surface area contributed by atoms with E-state index in [1.54, 1.807) is 0 Å². The van der Waals surface area contributed by atoms with Gasteiger partial charge in [-0.2, -0.15) is 13.2 Å². The van der Waals surface area contributed by atoms with E-state index in [0.29, 0.717) is 12.6 Å². The van der Waals surface area contributed by atoms with Crippen LogP contribution in [0.3, 0.4) is 0 Å². The maximum atomic E-state index is 11.7. The molecule has 0 aliphatic carbocycles. The highest BCUT2D eigenvalue weighted by Gasteiger charge is 2.27. The average molecular weight is 255 g/mol. The molecule has 0 spiro atoms. The molecular weight excluding hydrogens is 235 g/mol. The van der Waals surface area contributed by atoms with Crippen molar-refractivity contribution in [3.63, 3.8) is 0 Å². The summed E-state index contributed by atoms with van der Waals surface area (Å²) >= 11 is 0. The number of rotatable bonds is 8. The van der Waals surface area contributed by atoms with E-state index in [1.807, 2.05) is 0 Å². The van der Waals surface area contributed by atoms with Crippen molar-refractivity contribution in [2.24, 2.45) is 0 Å². The first kappa shape index (κ1) is 14.7. The van der Waals surface area contributed by atoms with Gasteiger partial charge in [0.05, 0.1) is 12.7 Å². The lowest BCUT2D eigenvalue weighted by atomic mass is 10.1. The maximum Gasteiger partial charge on any atom is 0.411 e. The van der Waals surface area contributed by atoms with E-state index < -0.39 is 12.8 Å². The van der Waals surface area contributed by atoms with Gasteiger partial charge in [0, 0.05) is 13.2 Å². The Kier molecular flexibility index (Phi) is 6.84. The third-order valence-corrected chi connectivity index (χ3v) is 2.59. The topological polar surface area (TPSA) is 30.5 Å². The third-order valence-electron chi connectivity index (χ3n) is 2.59. The molecule has 0 saturated carbocycles. The van der Waals surface area contributed by atoms with E-state index in [1.165, 1.54) is 0 Å². The molecule has 0 aromatic carbocycles. The second-order valence-electron chi connectivity index (χ2n) is 4.20. The van der Waals surface area contributed by atoms with E-state index >= 15 is 0 Å². The Bertz CT molecular complexity index is 194. The van der Waals surface area contributed by atoms with Gasteiger partial charge in [0.1, 0.15) is 6.61 Å². The summed E-state index contributed by atoms with van der Waals surface area (Å²) in [6.45, 7) is 1.06. The molecular formula is C11H20F3NO2. The molecule has 0 amide bonds. The van der Waals surface area contributed by atoms with Gasteiger partial charge in [-0.3, -0.25) is 0 Å². The molecule has 1 aliphatic rings. The highest BCUT2D eigenvalue weighted by molar-refractivity contribution is 4.65. The summed E-state index contributed by atoms with van der Waals surface area (Å²) in [6, 6.07) is 0. The Hall–Kier alpha value is -0.330. The van der Waals surface area contributed by atoms with Crippen LogP contribution in [0.4, 0.5) is 13.2 Å². The van der Waals surface area contributed by atoms with Gasteiger partial charge in [-0.1, -0.05) is 0 Å². The first-order valence-corrected chi connectivity index (χ1v) is 6.05. The van der Waals surface area contributed by atoms with Crippen molar-refractivity contribution in [1.82, 2.24) is 5.32 Å². The van der Waals surface area contributed by atoms with E-state index in [2.05, 4.69) is 10.1 Å². The maximum absolute atomic E-state index is 11.7. The third kappa shape index (κ3) is 8.40. The number of hydrogen-bond acceptors (Lipinski definition) is 3. The zero-order chi connectivity index (χ0) is 12.6. The molecule has 0 radical (unpaired) electrons. The molecule has 1 atom stereocenters. The minimum Gasteiger partial charge on any atom is -0.378 e. The summed E-state index contributed by atoms with van der Waals surface area (Å²) < 4.78 is 45.0. The van der Waals surface area contributed by atoms with Crippen LogP contribution in [0.5, 0.6) is 0 Å². The van der Waals surface area contributed by atoms with Crippen LogP contribution >= 0.6 is 0 Å². The molecule has 1 heterocycles. The Morgan fingerprint density at radius 3 is 2.76 bits per heavy atom. The van der Waals surface area contributed by atoms with Crippen LogP contribution in [0.25, 0.3) is 0 Å². The van der Waals surface area contributed by atoms with Crippen molar-refractivity contribution < 1.29 is 22.6 Å². The molecule has 6 heteroatoms. The van der Waals surface area contributed by atoms with Crippen molar-refractivity contribution in [2.45, 2.75) is 38.0 Å². The highest BCUT2D eigenvalue weighted by atomic mass is 19.4. The second-order valence-corrected chi connectivity index (χ2v) is 4.20. The molecule has 0 aromatic heterocycles. The lowest BCUT2D eigenvalue weighted by molar-refractivity contribution is -0.173. The van der Waals surface area contributed by atoms with Crippen molar-refractivity contribution in [3.05, 3.63) is 0 Å². The van der Waals surface area contributed by atoms with Crippen LogP contribution in [0, 0.1) is 0 Å². The summed E-state index contributed by atoms with van der Waals surface area (Å²) in [7, 11) is 0. The van der Waals surface area contributed by atoms with Gasteiger partial charge in [0.2, 0.25) is 0 Å².